The van der Waals surface area contributed by atoms with Crippen LogP contribution < -0.4 is 5.73 Å². The molecule has 20 heavy (non-hydrogen) atoms. The van der Waals surface area contributed by atoms with E-state index in [0.717, 1.165) is 6.42 Å². The largest absolute Gasteiger partial charge is 0.396 e. The summed E-state index contributed by atoms with van der Waals surface area (Å²) in [5.41, 5.74) is 7.32. The maximum Gasteiger partial charge on any atom is 0.256 e. The van der Waals surface area contributed by atoms with E-state index in [1.54, 1.807) is 11.0 Å². The lowest BCUT2D eigenvalue weighted by atomic mass is 9.83. The average molecular weight is 276 g/mol. The molecule has 0 saturated carbocycles. The van der Waals surface area contributed by atoms with E-state index < -0.39 is 5.82 Å². The molecule has 4 heteroatoms. The van der Waals surface area contributed by atoms with Crippen molar-refractivity contribution < 1.29 is 9.18 Å². The van der Waals surface area contributed by atoms with Crippen LogP contribution in [-0.4, -0.2) is 23.9 Å². The standard InChI is InChI=1S/C16H21FN2O/c1-16(2,3)11-7-9-19(10-8-11)15(20)12-5-4-6-13(17)14(12)18/h4-7H,8-10,18H2,1-3H3. The van der Waals surface area contributed by atoms with Gasteiger partial charge in [-0.2, -0.15) is 0 Å². The minimum Gasteiger partial charge on any atom is -0.396 e. The topological polar surface area (TPSA) is 46.3 Å². The first kappa shape index (κ1) is 14.6. The fourth-order valence-electron chi connectivity index (χ4n) is 2.43. The van der Waals surface area contributed by atoms with Gasteiger partial charge < -0.3 is 10.6 Å². The molecule has 0 bridgehead atoms. The summed E-state index contributed by atoms with van der Waals surface area (Å²) in [6.45, 7) is 7.71. The monoisotopic (exact) mass is 276 g/mol. The number of hydrogen-bond acceptors (Lipinski definition) is 2. The van der Waals surface area contributed by atoms with Gasteiger partial charge in [-0.3, -0.25) is 4.79 Å². The van der Waals surface area contributed by atoms with E-state index in [9.17, 15) is 9.18 Å². The molecule has 3 nitrogen and oxygen atoms in total. The molecule has 1 amide bonds. The molecule has 108 valence electrons. The number of nitrogens with zero attached hydrogens (tertiary/aromatic N) is 1. The second kappa shape index (κ2) is 5.27. The van der Waals surface area contributed by atoms with Gasteiger partial charge in [-0.05, 0) is 24.0 Å². The van der Waals surface area contributed by atoms with Gasteiger partial charge in [0, 0.05) is 13.1 Å². The van der Waals surface area contributed by atoms with E-state index in [1.165, 1.54) is 17.7 Å². The van der Waals surface area contributed by atoms with Crippen molar-refractivity contribution in [2.45, 2.75) is 27.2 Å². The molecule has 1 aromatic rings. The number of anilines is 1. The van der Waals surface area contributed by atoms with Gasteiger partial charge in [0.2, 0.25) is 0 Å². The second-order valence-electron chi connectivity index (χ2n) is 6.18. The summed E-state index contributed by atoms with van der Waals surface area (Å²) in [6.07, 6.45) is 2.95. The Labute approximate surface area is 119 Å². The molecule has 0 spiro atoms. The number of hydrogen-bond donors (Lipinski definition) is 1. The van der Waals surface area contributed by atoms with E-state index in [0.29, 0.717) is 13.1 Å². The lowest BCUT2D eigenvalue weighted by Crippen LogP contribution is -2.36. The predicted molar refractivity (Wildman–Crippen MR) is 78.9 cm³/mol. The van der Waals surface area contributed by atoms with Crippen LogP contribution in [0.25, 0.3) is 0 Å². The number of rotatable bonds is 1. The van der Waals surface area contributed by atoms with E-state index in [2.05, 4.69) is 26.8 Å². The number of amides is 1. The highest BCUT2D eigenvalue weighted by molar-refractivity contribution is 5.99. The Morgan fingerprint density at radius 1 is 1.35 bits per heavy atom. The maximum atomic E-state index is 13.4. The Balaban J connectivity index is 2.17. The molecule has 1 aromatic carbocycles. The Morgan fingerprint density at radius 3 is 2.60 bits per heavy atom. The number of halogens is 1. The van der Waals surface area contributed by atoms with Crippen molar-refractivity contribution in [1.82, 2.24) is 4.90 Å². The highest BCUT2D eigenvalue weighted by Gasteiger charge is 2.25. The zero-order valence-electron chi connectivity index (χ0n) is 12.2. The predicted octanol–water partition coefficient (Wildman–Crippen LogP) is 3.23. The van der Waals surface area contributed by atoms with Gasteiger partial charge in [-0.1, -0.05) is 38.5 Å². The highest BCUT2D eigenvalue weighted by atomic mass is 19.1. The summed E-state index contributed by atoms with van der Waals surface area (Å²) in [5, 5.41) is 0. The third-order valence-corrected chi connectivity index (χ3v) is 3.74. The molecular formula is C16H21FN2O. The van der Waals surface area contributed by atoms with Crippen molar-refractivity contribution >= 4 is 11.6 Å². The number of carbonyl (C=O) groups excluding carboxylic acids is 1. The summed E-state index contributed by atoms with van der Waals surface area (Å²) < 4.78 is 13.4. The first-order valence-electron chi connectivity index (χ1n) is 6.83. The van der Waals surface area contributed by atoms with Crippen LogP contribution in [0.3, 0.4) is 0 Å². The van der Waals surface area contributed by atoms with Crippen LogP contribution in [0.15, 0.2) is 29.8 Å². The molecule has 0 fully saturated rings. The normalized spacial score (nSPS) is 16.0. The number of nitrogens with two attached hydrogens (primary N) is 1. The molecule has 0 aromatic heterocycles. The smallest absolute Gasteiger partial charge is 0.256 e. The third kappa shape index (κ3) is 2.84. The highest BCUT2D eigenvalue weighted by Crippen LogP contribution is 2.30. The Kier molecular flexibility index (Phi) is 3.84. The number of carbonyl (C=O) groups is 1. The van der Waals surface area contributed by atoms with Crippen molar-refractivity contribution in [3.63, 3.8) is 0 Å². The zero-order valence-corrected chi connectivity index (χ0v) is 12.2. The van der Waals surface area contributed by atoms with Gasteiger partial charge in [0.1, 0.15) is 5.82 Å². The van der Waals surface area contributed by atoms with Gasteiger partial charge in [-0.15, -0.1) is 0 Å². The molecule has 1 aliphatic rings. The van der Waals surface area contributed by atoms with Gasteiger partial charge in [-0.25, -0.2) is 4.39 Å². The first-order valence-corrected chi connectivity index (χ1v) is 6.83. The molecule has 0 radical (unpaired) electrons. The summed E-state index contributed by atoms with van der Waals surface area (Å²) >= 11 is 0. The molecule has 0 atom stereocenters. The van der Waals surface area contributed by atoms with Gasteiger partial charge >= 0.3 is 0 Å². The second-order valence-corrected chi connectivity index (χ2v) is 6.18. The summed E-state index contributed by atoms with van der Waals surface area (Å²) in [4.78, 5) is 14.1. The molecule has 1 aliphatic heterocycles. The van der Waals surface area contributed by atoms with Crippen molar-refractivity contribution in [2.24, 2.45) is 5.41 Å². The van der Waals surface area contributed by atoms with E-state index in [-0.39, 0.29) is 22.6 Å². The number of benzene rings is 1. The van der Waals surface area contributed by atoms with Gasteiger partial charge in [0.05, 0.1) is 11.3 Å². The van der Waals surface area contributed by atoms with E-state index in [1.807, 2.05) is 0 Å². The Hall–Kier alpha value is -1.84. The lowest BCUT2D eigenvalue weighted by molar-refractivity contribution is 0.0765. The summed E-state index contributed by atoms with van der Waals surface area (Å²) in [6, 6.07) is 4.35. The van der Waals surface area contributed by atoms with Crippen LogP contribution in [0.2, 0.25) is 0 Å². The maximum absolute atomic E-state index is 13.4. The summed E-state index contributed by atoms with van der Waals surface area (Å²) in [5.74, 6) is -0.745. The van der Waals surface area contributed by atoms with Crippen molar-refractivity contribution in [2.75, 3.05) is 18.8 Å². The van der Waals surface area contributed by atoms with Crippen LogP contribution in [0.4, 0.5) is 10.1 Å². The van der Waals surface area contributed by atoms with Gasteiger partial charge in [0.25, 0.3) is 5.91 Å². The molecule has 2 rings (SSSR count). The third-order valence-electron chi connectivity index (χ3n) is 3.74. The Bertz CT molecular complexity index is 558. The molecular weight excluding hydrogens is 255 g/mol. The van der Waals surface area contributed by atoms with Crippen LogP contribution in [0.1, 0.15) is 37.6 Å². The van der Waals surface area contributed by atoms with Crippen LogP contribution >= 0.6 is 0 Å². The fourth-order valence-corrected chi connectivity index (χ4v) is 2.43. The zero-order chi connectivity index (χ0) is 14.9. The van der Waals surface area contributed by atoms with Crippen LogP contribution in [0, 0.1) is 11.2 Å². The molecule has 2 N–H and O–H groups in total. The average Bonchev–Trinajstić information content (AvgIpc) is 2.40. The lowest BCUT2D eigenvalue weighted by Gasteiger charge is -2.32. The van der Waals surface area contributed by atoms with E-state index >= 15 is 0 Å². The van der Waals surface area contributed by atoms with Crippen LogP contribution in [-0.2, 0) is 0 Å². The fraction of sp³-hybridized carbons (Fsp3) is 0.438. The van der Waals surface area contributed by atoms with E-state index in [4.69, 9.17) is 5.73 Å². The number of nitrogen functional groups attached to an aromatic ring is 1. The minimum atomic E-state index is -0.543. The van der Waals surface area contributed by atoms with Crippen molar-refractivity contribution in [3.8, 4) is 0 Å². The SMILES string of the molecule is CC(C)(C)C1=CCN(C(=O)c2cccc(F)c2N)CC1. The van der Waals surface area contributed by atoms with Gasteiger partial charge in [0.15, 0.2) is 0 Å². The Morgan fingerprint density at radius 2 is 2.05 bits per heavy atom. The quantitative estimate of drug-likeness (QED) is 0.632. The molecule has 1 heterocycles. The van der Waals surface area contributed by atoms with Crippen LogP contribution in [0.5, 0.6) is 0 Å². The first-order chi connectivity index (χ1) is 9.30. The molecule has 0 saturated heterocycles. The summed E-state index contributed by atoms with van der Waals surface area (Å²) in [7, 11) is 0. The van der Waals surface area contributed by atoms with Crippen molar-refractivity contribution in [1.29, 1.82) is 0 Å². The number of para-hydroxylation sites is 1. The molecule has 0 aliphatic carbocycles. The minimum absolute atomic E-state index is 0.0666. The van der Waals surface area contributed by atoms with Crippen molar-refractivity contribution in [3.05, 3.63) is 41.2 Å². The molecule has 0 unspecified atom stereocenters.